The first-order chi connectivity index (χ1) is 11.2. The molecule has 0 amide bonds. The third kappa shape index (κ3) is 4.01. The average molecular weight is 334 g/mol. The monoisotopic (exact) mass is 333 g/mol. The van der Waals surface area contributed by atoms with Crippen LogP contribution in [0.2, 0.25) is 0 Å². The molecule has 0 spiro atoms. The maximum atomic E-state index is 9.91. The third-order valence-electron chi connectivity index (χ3n) is 5.43. The van der Waals surface area contributed by atoms with Crippen LogP contribution in [0.4, 0.5) is 5.69 Å². The lowest BCUT2D eigenvalue weighted by atomic mass is 9.86. The van der Waals surface area contributed by atoms with Gasteiger partial charge in [0.2, 0.25) is 0 Å². The fourth-order valence-electron chi connectivity index (χ4n) is 4.05. The van der Waals surface area contributed by atoms with Gasteiger partial charge in [-0.05, 0) is 17.3 Å². The molecule has 0 aromatic heterocycles. The van der Waals surface area contributed by atoms with Gasteiger partial charge in [-0.15, -0.1) is 0 Å². The van der Waals surface area contributed by atoms with E-state index in [4.69, 9.17) is 0 Å². The van der Waals surface area contributed by atoms with E-state index < -0.39 is 0 Å². The molecular formula is C21H37N2O+. The fourth-order valence-corrected chi connectivity index (χ4v) is 4.05. The van der Waals surface area contributed by atoms with Gasteiger partial charge in [0.25, 0.3) is 0 Å². The first-order valence-electron chi connectivity index (χ1n) is 9.49. The Morgan fingerprint density at radius 1 is 1.08 bits per heavy atom. The summed E-state index contributed by atoms with van der Waals surface area (Å²) in [6, 6.07) is 7.04. The molecule has 1 aromatic rings. The first-order valence-corrected chi connectivity index (χ1v) is 9.49. The van der Waals surface area contributed by atoms with Gasteiger partial charge in [0, 0.05) is 17.2 Å². The SMILES string of the molecule is CC(C)c1cccc(C(C)C)c1[NH+]1CCN([C@H](CO)C(C)(C)C)C1. The van der Waals surface area contributed by atoms with Crippen LogP contribution in [-0.2, 0) is 0 Å². The van der Waals surface area contributed by atoms with E-state index in [-0.39, 0.29) is 18.1 Å². The quantitative estimate of drug-likeness (QED) is 0.866. The van der Waals surface area contributed by atoms with E-state index in [2.05, 4.69) is 71.6 Å². The van der Waals surface area contributed by atoms with Crippen molar-refractivity contribution in [1.82, 2.24) is 4.90 Å². The molecule has 1 unspecified atom stereocenters. The predicted molar refractivity (Wildman–Crippen MR) is 102 cm³/mol. The molecule has 0 bridgehead atoms. The highest BCUT2D eigenvalue weighted by Crippen LogP contribution is 2.31. The van der Waals surface area contributed by atoms with Gasteiger partial charge in [-0.1, -0.05) is 66.7 Å². The Hall–Kier alpha value is -0.900. The molecule has 1 saturated heterocycles. The third-order valence-corrected chi connectivity index (χ3v) is 5.43. The molecular weight excluding hydrogens is 296 g/mol. The van der Waals surface area contributed by atoms with Crippen LogP contribution in [0.25, 0.3) is 0 Å². The van der Waals surface area contributed by atoms with Crippen molar-refractivity contribution in [3.63, 3.8) is 0 Å². The zero-order chi connectivity index (χ0) is 18.1. The summed E-state index contributed by atoms with van der Waals surface area (Å²) in [5, 5.41) is 9.91. The second-order valence-electron chi connectivity index (χ2n) is 9.01. The van der Waals surface area contributed by atoms with Gasteiger partial charge >= 0.3 is 0 Å². The Morgan fingerprint density at radius 3 is 2.04 bits per heavy atom. The molecule has 2 N–H and O–H groups in total. The van der Waals surface area contributed by atoms with E-state index in [1.807, 2.05) is 0 Å². The smallest absolute Gasteiger partial charge is 0.139 e. The molecule has 3 nitrogen and oxygen atoms in total. The van der Waals surface area contributed by atoms with Gasteiger partial charge < -0.3 is 5.11 Å². The van der Waals surface area contributed by atoms with Crippen LogP contribution in [0.5, 0.6) is 0 Å². The molecule has 0 aliphatic carbocycles. The molecule has 24 heavy (non-hydrogen) atoms. The summed E-state index contributed by atoms with van der Waals surface area (Å²) in [5.41, 5.74) is 4.57. The largest absolute Gasteiger partial charge is 0.395 e. The van der Waals surface area contributed by atoms with E-state index in [0.717, 1.165) is 19.8 Å². The molecule has 1 fully saturated rings. The average Bonchev–Trinajstić information content (AvgIpc) is 2.94. The number of benzene rings is 1. The van der Waals surface area contributed by atoms with Crippen molar-refractivity contribution >= 4 is 5.69 Å². The second-order valence-corrected chi connectivity index (χ2v) is 9.01. The number of nitrogens with one attached hydrogen (secondary N) is 1. The summed E-state index contributed by atoms with van der Waals surface area (Å²) >= 11 is 0. The standard InChI is InChI=1S/C21H36N2O/c1-15(2)17-9-8-10-18(16(3)4)20(17)23-12-11-22(14-23)19(13-24)21(5,6)7/h8-10,15-16,19,24H,11-14H2,1-7H3/p+1/t19-/m1/s1. The molecule has 0 saturated carbocycles. The van der Waals surface area contributed by atoms with Crippen LogP contribution in [0.1, 0.15) is 71.4 Å². The summed E-state index contributed by atoms with van der Waals surface area (Å²) in [6.07, 6.45) is 0. The highest BCUT2D eigenvalue weighted by Gasteiger charge is 2.38. The van der Waals surface area contributed by atoms with Gasteiger partial charge in [-0.25, -0.2) is 4.90 Å². The maximum Gasteiger partial charge on any atom is 0.139 e. The van der Waals surface area contributed by atoms with Crippen molar-refractivity contribution in [2.45, 2.75) is 66.3 Å². The van der Waals surface area contributed by atoms with E-state index in [0.29, 0.717) is 11.8 Å². The van der Waals surface area contributed by atoms with Crippen molar-refractivity contribution in [1.29, 1.82) is 0 Å². The van der Waals surface area contributed by atoms with Crippen molar-refractivity contribution in [3.05, 3.63) is 29.3 Å². The Labute approximate surface area is 148 Å². The van der Waals surface area contributed by atoms with Crippen LogP contribution in [0, 0.1) is 5.41 Å². The summed E-state index contributed by atoms with van der Waals surface area (Å²) < 4.78 is 0. The molecule has 1 aliphatic rings. The summed E-state index contributed by atoms with van der Waals surface area (Å²) in [6.45, 7) is 19.3. The number of rotatable bonds is 5. The highest BCUT2D eigenvalue weighted by molar-refractivity contribution is 5.50. The Bertz CT molecular complexity index is 519. The molecule has 0 radical (unpaired) electrons. The Kier molecular flexibility index (Phi) is 6.11. The van der Waals surface area contributed by atoms with Gasteiger partial charge in [0.05, 0.1) is 19.7 Å². The first kappa shape index (κ1) is 19.4. The van der Waals surface area contributed by atoms with Crippen molar-refractivity contribution in [2.24, 2.45) is 5.41 Å². The van der Waals surface area contributed by atoms with Crippen LogP contribution in [0.15, 0.2) is 18.2 Å². The van der Waals surface area contributed by atoms with Gasteiger partial charge in [-0.2, -0.15) is 0 Å². The summed E-state index contributed by atoms with van der Waals surface area (Å²) in [4.78, 5) is 4.04. The molecule has 1 aromatic carbocycles. The number of quaternary nitrogens is 1. The number of nitrogens with zero attached hydrogens (tertiary/aromatic N) is 1. The van der Waals surface area contributed by atoms with Crippen LogP contribution in [-0.4, -0.2) is 42.4 Å². The van der Waals surface area contributed by atoms with E-state index in [1.165, 1.54) is 16.8 Å². The molecule has 1 aliphatic heterocycles. The Balaban J connectivity index is 2.34. The number of para-hydroxylation sites is 1. The lowest BCUT2D eigenvalue weighted by Gasteiger charge is -2.35. The molecule has 1 heterocycles. The number of hydrogen-bond acceptors (Lipinski definition) is 2. The summed E-state index contributed by atoms with van der Waals surface area (Å²) in [5.74, 6) is 1.08. The number of hydrogen-bond donors (Lipinski definition) is 2. The minimum Gasteiger partial charge on any atom is -0.395 e. The van der Waals surface area contributed by atoms with Crippen LogP contribution < -0.4 is 4.90 Å². The van der Waals surface area contributed by atoms with E-state index >= 15 is 0 Å². The van der Waals surface area contributed by atoms with Gasteiger partial charge in [0.1, 0.15) is 12.4 Å². The summed E-state index contributed by atoms with van der Waals surface area (Å²) in [7, 11) is 0. The number of aliphatic hydroxyl groups is 1. The lowest BCUT2D eigenvalue weighted by molar-refractivity contribution is -0.824. The normalized spacial score (nSPS) is 21.0. The fraction of sp³-hybridized carbons (Fsp3) is 0.714. The van der Waals surface area contributed by atoms with Crippen LogP contribution in [0.3, 0.4) is 0 Å². The molecule has 3 heteroatoms. The predicted octanol–water partition coefficient (Wildman–Crippen LogP) is 3.13. The maximum absolute atomic E-state index is 9.91. The molecule has 2 rings (SSSR count). The molecule has 136 valence electrons. The van der Waals surface area contributed by atoms with E-state index in [1.54, 1.807) is 4.90 Å². The zero-order valence-corrected chi connectivity index (χ0v) is 16.7. The van der Waals surface area contributed by atoms with Crippen molar-refractivity contribution in [3.8, 4) is 0 Å². The van der Waals surface area contributed by atoms with E-state index in [9.17, 15) is 5.11 Å². The minimum absolute atomic E-state index is 0.0998. The van der Waals surface area contributed by atoms with Gasteiger partial charge in [-0.3, -0.25) is 4.90 Å². The van der Waals surface area contributed by atoms with Crippen molar-refractivity contribution in [2.75, 3.05) is 26.4 Å². The molecule has 2 atom stereocenters. The van der Waals surface area contributed by atoms with Gasteiger partial charge in [0.15, 0.2) is 0 Å². The van der Waals surface area contributed by atoms with Crippen LogP contribution >= 0.6 is 0 Å². The lowest BCUT2D eigenvalue weighted by Crippen LogP contribution is -3.06. The van der Waals surface area contributed by atoms with Crippen molar-refractivity contribution < 1.29 is 10.0 Å². The Morgan fingerprint density at radius 2 is 1.62 bits per heavy atom. The second kappa shape index (κ2) is 7.55. The topological polar surface area (TPSA) is 27.9 Å². The minimum atomic E-state index is 0.0998. The zero-order valence-electron chi connectivity index (χ0n) is 16.7. The number of aliphatic hydroxyl groups excluding tert-OH is 1. The highest BCUT2D eigenvalue weighted by atomic mass is 16.3.